The van der Waals surface area contributed by atoms with Gasteiger partial charge in [0, 0.05) is 10.4 Å². The van der Waals surface area contributed by atoms with Crippen LogP contribution in [0.15, 0.2) is 22.6 Å². The molecule has 0 radical (unpaired) electrons. The minimum Gasteiger partial charge on any atom is -0.459 e. The molecule has 17 heavy (non-hydrogen) atoms. The molecule has 0 aliphatic rings. The number of rotatable bonds is 4. The fraction of sp³-hybridized carbons (Fsp3) is 0.429. The monoisotopic (exact) mass is 251 g/mol. The molecule has 0 saturated carbocycles. The molecule has 2 rings (SSSR count). The van der Waals surface area contributed by atoms with E-state index in [1.54, 1.807) is 0 Å². The largest absolute Gasteiger partial charge is 0.459 e. The molecule has 1 atom stereocenters. The molecule has 92 valence electrons. The normalized spacial score (nSPS) is 13.2. The first-order valence-corrected chi connectivity index (χ1v) is 6.46. The maximum atomic E-state index is 6.05. The molecule has 1 aromatic heterocycles. The summed E-state index contributed by atoms with van der Waals surface area (Å²) in [5.41, 5.74) is 2.03. The van der Waals surface area contributed by atoms with Crippen molar-refractivity contribution in [2.75, 3.05) is 6.54 Å². The van der Waals surface area contributed by atoms with Gasteiger partial charge in [0.15, 0.2) is 0 Å². The first kappa shape index (κ1) is 12.5. The van der Waals surface area contributed by atoms with Crippen molar-refractivity contribution in [2.45, 2.75) is 33.2 Å². The second-order valence-electron chi connectivity index (χ2n) is 4.31. The van der Waals surface area contributed by atoms with E-state index in [1.165, 1.54) is 0 Å². The quantitative estimate of drug-likeness (QED) is 0.868. The van der Waals surface area contributed by atoms with Crippen LogP contribution in [0.4, 0.5) is 0 Å². The standard InChI is InChI=1S/C14H18ClNO/c1-4-12(16-5-2)13-8-10-7-11(15)6-9(3)14(10)17-13/h6-8,12,16H,4-5H2,1-3H3. The molecule has 0 spiro atoms. The third kappa shape index (κ3) is 2.48. The van der Waals surface area contributed by atoms with E-state index in [4.69, 9.17) is 16.0 Å². The highest BCUT2D eigenvalue weighted by Crippen LogP contribution is 2.30. The van der Waals surface area contributed by atoms with Crippen LogP contribution in [-0.2, 0) is 0 Å². The van der Waals surface area contributed by atoms with E-state index in [0.29, 0.717) is 0 Å². The Kier molecular flexibility index (Phi) is 3.75. The van der Waals surface area contributed by atoms with Gasteiger partial charge in [0.2, 0.25) is 0 Å². The van der Waals surface area contributed by atoms with Gasteiger partial charge in [-0.2, -0.15) is 0 Å². The SMILES string of the molecule is CCNC(CC)c1cc2cc(Cl)cc(C)c2o1. The van der Waals surface area contributed by atoms with Gasteiger partial charge in [0.25, 0.3) is 0 Å². The summed E-state index contributed by atoms with van der Waals surface area (Å²) < 4.78 is 5.94. The van der Waals surface area contributed by atoms with E-state index < -0.39 is 0 Å². The van der Waals surface area contributed by atoms with Crippen molar-refractivity contribution in [1.82, 2.24) is 5.32 Å². The molecule has 1 heterocycles. The van der Waals surface area contributed by atoms with Gasteiger partial charge < -0.3 is 9.73 Å². The van der Waals surface area contributed by atoms with Crippen LogP contribution >= 0.6 is 11.6 Å². The highest BCUT2D eigenvalue weighted by molar-refractivity contribution is 6.31. The number of hydrogen-bond acceptors (Lipinski definition) is 2. The van der Waals surface area contributed by atoms with Crippen LogP contribution in [0, 0.1) is 6.92 Å². The average molecular weight is 252 g/mol. The molecular formula is C14H18ClNO. The van der Waals surface area contributed by atoms with Gasteiger partial charge in [0.05, 0.1) is 6.04 Å². The highest BCUT2D eigenvalue weighted by Gasteiger charge is 2.14. The van der Waals surface area contributed by atoms with Crippen molar-refractivity contribution < 1.29 is 4.42 Å². The van der Waals surface area contributed by atoms with Gasteiger partial charge in [0.1, 0.15) is 11.3 Å². The molecule has 1 N–H and O–H groups in total. The summed E-state index contributed by atoms with van der Waals surface area (Å²) in [6.45, 7) is 7.22. The summed E-state index contributed by atoms with van der Waals surface area (Å²) in [4.78, 5) is 0. The molecular weight excluding hydrogens is 234 g/mol. The summed E-state index contributed by atoms with van der Waals surface area (Å²) in [6.07, 6.45) is 1.01. The minimum absolute atomic E-state index is 0.283. The Morgan fingerprint density at radius 2 is 2.06 bits per heavy atom. The summed E-state index contributed by atoms with van der Waals surface area (Å²) in [7, 11) is 0. The lowest BCUT2D eigenvalue weighted by atomic mass is 10.1. The Morgan fingerprint density at radius 1 is 1.29 bits per heavy atom. The second kappa shape index (κ2) is 5.11. The maximum Gasteiger partial charge on any atom is 0.137 e. The van der Waals surface area contributed by atoms with Gasteiger partial charge in [-0.15, -0.1) is 0 Å². The number of hydrogen-bond donors (Lipinski definition) is 1. The Balaban J connectivity index is 2.46. The van der Waals surface area contributed by atoms with E-state index in [9.17, 15) is 0 Å². The summed E-state index contributed by atoms with van der Waals surface area (Å²) in [5.74, 6) is 0.995. The van der Waals surface area contributed by atoms with E-state index in [1.807, 2.05) is 19.1 Å². The van der Waals surface area contributed by atoms with E-state index in [2.05, 4.69) is 25.2 Å². The Morgan fingerprint density at radius 3 is 2.71 bits per heavy atom. The average Bonchev–Trinajstić information content (AvgIpc) is 2.69. The van der Waals surface area contributed by atoms with Gasteiger partial charge >= 0.3 is 0 Å². The Bertz CT molecular complexity index is 518. The van der Waals surface area contributed by atoms with Crippen molar-refractivity contribution in [3.05, 3.63) is 34.5 Å². The lowest BCUT2D eigenvalue weighted by Gasteiger charge is -2.12. The maximum absolute atomic E-state index is 6.05. The Hall–Kier alpha value is -0.990. The predicted molar refractivity (Wildman–Crippen MR) is 72.7 cm³/mol. The van der Waals surface area contributed by atoms with Crippen LogP contribution in [-0.4, -0.2) is 6.54 Å². The summed E-state index contributed by atoms with van der Waals surface area (Å²) in [6, 6.07) is 6.26. The molecule has 2 nitrogen and oxygen atoms in total. The zero-order valence-electron chi connectivity index (χ0n) is 10.5. The molecule has 0 bridgehead atoms. The van der Waals surface area contributed by atoms with Crippen molar-refractivity contribution >= 4 is 22.6 Å². The fourth-order valence-electron chi connectivity index (χ4n) is 2.17. The molecule has 0 amide bonds. The number of nitrogens with one attached hydrogen (secondary N) is 1. The topological polar surface area (TPSA) is 25.2 Å². The molecule has 1 aromatic carbocycles. The zero-order chi connectivity index (χ0) is 12.4. The zero-order valence-corrected chi connectivity index (χ0v) is 11.3. The van der Waals surface area contributed by atoms with E-state index >= 15 is 0 Å². The number of benzene rings is 1. The summed E-state index contributed by atoms with van der Waals surface area (Å²) >= 11 is 6.05. The molecule has 0 fully saturated rings. The first-order valence-electron chi connectivity index (χ1n) is 6.08. The van der Waals surface area contributed by atoms with Gasteiger partial charge in [-0.1, -0.05) is 25.4 Å². The van der Waals surface area contributed by atoms with E-state index in [-0.39, 0.29) is 6.04 Å². The molecule has 1 unspecified atom stereocenters. The minimum atomic E-state index is 0.283. The number of halogens is 1. The van der Waals surface area contributed by atoms with Crippen molar-refractivity contribution in [3.63, 3.8) is 0 Å². The molecule has 0 aliphatic heterocycles. The van der Waals surface area contributed by atoms with Crippen LogP contribution in [0.5, 0.6) is 0 Å². The fourth-order valence-corrected chi connectivity index (χ4v) is 2.45. The molecule has 0 aliphatic carbocycles. The summed E-state index contributed by atoms with van der Waals surface area (Å²) in [5, 5.41) is 5.26. The van der Waals surface area contributed by atoms with Crippen LogP contribution in [0.25, 0.3) is 11.0 Å². The lowest BCUT2D eigenvalue weighted by Crippen LogP contribution is -2.19. The smallest absolute Gasteiger partial charge is 0.137 e. The third-order valence-corrected chi connectivity index (χ3v) is 3.21. The second-order valence-corrected chi connectivity index (χ2v) is 4.74. The van der Waals surface area contributed by atoms with Gasteiger partial charge in [-0.05, 0) is 43.7 Å². The van der Waals surface area contributed by atoms with Crippen LogP contribution in [0.1, 0.15) is 37.6 Å². The lowest BCUT2D eigenvalue weighted by molar-refractivity contribution is 0.428. The molecule has 2 aromatic rings. The van der Waals surface area contributed by atoms with Gasteiger partial charge in [-0.25, -0.2) is 0 Å². The van der Waals surface area contributed by atoms with Crippen LogP contribution in [0.2, 0.25) is 5.02 Å². The number of fused-ring (bicyclic) bond motifs is 1. The number of furan rings is 1. The first-order chi connectivity index (χ1) is 8.15. The van der Waals surface area contributed by atoms with Gasteiger partial charge in [-0.3, -0.25) is 0 Å². The van der Waals surface area contributed by atoms with Crippen LogP contribution < -0.4 is 5.32 Å². The van der Waals surface area contributed by atoms with Crippen LogP contribution in [0.3, 0.4) is 0 Å². The molecule has 3 heteroatoms. The third-order valence-electron chi connectivity index (χ3n) is 2.99. The van der Waals surface area contributed by atoms with E-state index in [0.717, 1.165) is 40.3 Å². The number of aryl methyl sites for hydroxylation is 1. The van der Waals surface area contributed by atoms with Crippen molar-refractivity contribution in [1.29, 1.82) is 0 Å². The molecule has 0 saturated heterocycles. The Labute approximate surface area is 107 Å². The highest BCUT2D eigenvalue weighted by atomic mass is 35.5. The van der Waals surface area contributed by atoms with Crippen molar-refractivity contribution in [2.24, 2.45) is 0 Å². The predicted octanol–water partition coefficient (Wildman–Crippen LogP) is 4.46. The van der Waals surface area contributed by atoms with Crippen molar-refractivity contribution in [3.8, 4) is 0 Å².